The van der Waals surface area contributed by atoms with Gasteiger partial charge in [-0.25, -0.2) is 0 Å². The second kappa shape index (κ2) is 5.40. The number of hydrogen-bond acceptors (Lipinski definition) is 6. The monoisotopic (exact) mass is 330 g/mol. The molecule has 2 aliphatic rings. The Hall–Kier alpha value is -2.76. The van der Waals surface area contributed by atoms with Gasteiger partial charge in [-0.3, -0.25) is 0 Å². The van der Waals surface area contributed by atoms with Crippen molar-refractivity contribution in [1.82, 2.24) is 0 Å². The molecule has 0 spiro atoms. The Labute approximate surface area is 139 Å². The van der Waals surface area contributed by atoms with Crippen molar-refractivity contribution in [3.05, 3.63) is 35.4 Å². The van der Waals surface area contributed by atoms with Crippen molar-refractivity contribution in [1.29, 1.82) is 0 Å². The van der Waals surface area contributed by atoms with E-state index in [1.54, 1.807) is 20.3 Å². The van der Waals surface area contributed by atoms with Gasteiger partial charge < -0.3 is 28.8 Å². The summed E-state index contributed by atoms with van der Waals surface area (Å²) in [5.74, 6) is 2.67. The van der Waals surface area contributed by atoms with E-state index in [0.717, 1.165) is 11.1 Å². The first kappa shape index (κ1) is 14.8. The summed E-state index contributed by atoms with van der Waals surface area (Å²) >= 11 is 0. The zero-order valence-electron chi connectivity index (χ0n) is 13.7. The lowest BCUT2D eigenvalue weighted by atomic mass is 9.89. The van der Waals surface area contributed by atoms with Gasteiger partial charge in [0.2, 0.25) is 11.5 Å². The highest BCUT2D eigenvalue weighted by Crippen LogP contribution is 2.58. The van der Waals surface area contributed by atoms with Crippen LogP contribution in [0.25, 0.3) is 0 Å². The van der Waals surface area contributed by atoms with Crippen molar-refractivity contribution in [3.8, 4) is 34.5 Å². The molecule has 0 aliphatic carbocycles. The second-order valence-corrected chi connectivity index (χ2v) is 5.71. The fourth-order valence-electron chi connectivity index (χ4n) is 3.44. The minimum absolute atomic E-state index is 0.00227. The molecule has 2 unspecified atom stereocenters. The van der Waals surface area contributed by atoms with E-state index in [0.29, 0.717) is 35.4 Å². The van der Waals surface area contributed by atoms with Crippen LogP contribution in [-0.2, 0) is 0 Å². The average molecular weight is 330 g/mol. The van der Waals surface area contributed by atoms with Crippen LogP contribution in [0.1, 0.15) is 23.1 Å². The molecule has 0 amide bonds. The number of ether oxygens (including phenoxy) is 5. The third kappa shape index (κ3) is 1.89. The van der Waals surface area contributed by atoms with Crippen LogP contribution < -0.4 is 23.7 Å². The standard InChI is InChI=1S/C18H18O6/c1-20-12-6-5-10-15-11(8-23-16(10)14(12)19)9-4-7-13(21-2)18(22-3)17(9)24-15/h4-7,11,15,19H,8H2,1-3H3. The summed E-state index contributed by atoms with van der Waals surface area (Å²) in [5.41, 5.74) is 1.81. The van der Waals surface area contributed by atoms with Crippen molar-refractivity contribution in [2.75, 3.05) is 27.9 Å². The van der Waals surface area contributed by atoms with Crippen molar-refractivity contribution >= 4 is 0 Å². The molecule has 2 atom stereocenters. The molecule has 1 N–H and O–H groups in total. The molecule has 2 aliphatic heterocycles. The first-order valence-corrected chi connectivity index (χ1v) is 7.63. The third-order valence-corrected chi connectivity index (χ3v) is 4.60. The van der Waals surface area contributed by atoms with Crippen LogP contribution in [0, 0.1) is 0 Å². The van der Waals surface area contributed by atoms with E-state index in [2.05, 4.69) is 0 Å². The van der Waals surface area contributed by atoms with E-state index >= 15 is 0 Å². The number of hydrogen-bond donors (Lipinski definition) is 1. The van der Waals surface area contributed by atoms with Crippen molar-refractivity contribution in [3.63, 3.8) is 0 Å². The number of phenols is 1. The lowest BCUT2D eigenvalue weighted by Gasteiger charge is -2.28. The highest BCUT2D eigenvalue weighted by molar-refractivity contribution is 5.63. The molecule has 2 aromatic carbocycles. The number of rotatable bonds is 3. The Morgan fingerprint density at radius 3 is 2.33 bits per heavy atom. The lowest BCUT2D eigenvalue weighted by Crippen LogP contribution is -2.23. The Morgan fingerprint density at radius 2 is 1.62 bits per heavy atom. The zero-order chi connectivity index (χ0) is 16.8. The molecule has 2 heterocycles. The molecule has 0 fully saturated rings. The predicted octanol–water partition coefficient (Wildman–Crippen LogP) is 3.03. The minimum atomic E-state index is -0.249. The molecular formula is C18H18O6. The van der Waals surface area contributed by atoms with E-state index in [1.807, 2.05) is 18.2 Å². The Kier molecular flexibility index (Phi) is 3.33. The number of benzene rings is 2. The fourth-order valence-corrected chi connectivity index (χ4v) is 3.44. The summed E-state index contributed by atoms with van der Waals surface area (Å²) in [4.78, 5) is 0. The third-order valence-electron chi connectivity index (χ3n) is 4.60. The summed E-state index contributed by atoms with van der Waals surface area (Å²) in [6.45, 7) is 0.404. The highest BCUT2D eigenvalue weighted by atomic mass is 16.5. The number of aromatic hydroxyl groups is 1. The first-order chi connectivity index (χ1) is 11.7. The van der Waals surface area contributed by atoms with Crippen LogP contribution >= 0.6 is 0 Å². The van der Waals surface area contributed by atoms with Crippen LogP contribution in [0.3, 0.4) is 0 Å². The lowest BCUT2D eigenvalue weighted by molar-refractivity contribution is 0.133. The Morgan fingerprint density at radius 1 is 0.917 bits per heavy atom. The smallest absolute Gasteiger partial charge is 0.203 e. The molecule has 0 saturated heterocycles. The molecule has 0 bridgehead atoms. The fraction of sp³-hybridized carbons (Fsp3) is 0.333. The summed E-state index contributed by atoms with van der Waals surface area (Å²) in [7, 11) is 4.69. The van der Waals surface area contributed by atoms with E-state index < -0.39 is 0 Å². The summed E-state index contributed by atoms with van der Waals surface area (Å²) in [5, 5.41) is 10.3. The second-order valence-electron chi connectivity index (χ2n) is 5.71. The normalized spacial score (nSPS) is 20.1. The van der Waals surface area contributed by atoms with Crippen molar-refractivity contribution in [2.45, 2.75) is 12.0 Å². The molecule has 6 nitrogen and oxygen atoms in total. The maximum absolute atomic E-state index is 10.3. The molecule has 6 heteroatoms. The largest absolute Gasteiger partial charge is 0.502 e. The van der Waals surface area contributed by atoms with Crippen molar-refractivity contribution in [2.24, 2.45) is 0 Å². The maximum atomic E-state index is 10.3. The molecular weight excluding hydrogens is 312 g/mol. The molecule has 126 valence electrons. The van der Waals surface area contributed by atoms with E-state index in [4.69, 9.17) is 23.7 Å². The topological polar surface area (TPSA) is 66.4 Å². The van der Waals surface area contributed by atoms with Gasteiger partial charge in [0.1, 0.15) is 6.10 Å². The van der Waals surface area contributed by atoms with E-state index in [-0.39, 0.29) is 17.8 Å². The van der Waals surface area contributed by atoms with Crippen molar-refractivity contribution < 1.29 is 28.8 Å². The molecule has 4 rings (SSSR count). The van der Waals surface area contributed by atoms with Crippen LogP contribution in [0.5, 0.6) is 34.5 Å². The van der Waals surface area contributed by atoms with Crippen LogP contribution in [-0.4, -0.2) is 33.0 Å². The minimum Gasteiger partial charge on any atom is -0.502 e. The molecule has 24 heavy (non-hydrogen) atoms. The van der Waals surface area contributed by atoms with Gasteiger partial charge in [-0.05, 0) is 18.2 Å². The van der Waals surface area contributed by atoms with Gasteiger partial charge in [0.05, 0.1) is 33.9 Å². The number of phenolic OH excluding ortho intramolecular Hbond substituents is 1. The van der Waals surface area contributed by atoms with E-state index in [1.165, 1.54) is 7.11 Å². The summed E-state index contributed by atoms with van der Waals surface area (Å²) in [6, 6.07) is 7.41. The molecule has 2 aromatic rings. The van der Waals surface area contributed by atoms with Crippen LogP contribution in [0.2, 0.25) is 0 Å². The molecule has 0 radical (unpaired) electrons. The summed E-state index contributed by atoms with van der Waals surface area (Å²) < 4.78 is 28.0. The van der Waals surface area contributed by atoms with Gasteiger partial charge in [0.15, 0.2) is 23.0 Å². The van der Waals surface area contributed by atoms with Gasteiger partial charge in [-0.15, -0.1) is 0 Å². The quantitative estimate of drug-likeness (QED) is 0.933. The zero-order valence-corrected chi connectivity index (χ0v) is 13.7. The maximum Gasteiger partial charge on any atom is 0.203 e. The molecule has 0 aromatic heterocycles. The van der Waals surface area contributed by atoms with Crippen LogP contribution in [0.15, 0.2) is 24.3 Å². The number of methoxy groups -OCH3 is 3. The Bertz CT molecular complexity index is 801. The van der Waals surface area contributed by atoms with Crippen LogP contribution in [0.4, 0.5) is 0 Å². The van der Waals surface area contributed by atoms with Gasteiger partial charge in [0.25, 0.3) is 0 Å². The summed E-state index contributed by atoms with van der Waals surface area (Å²) in [6.07, 6.45) is -0.249. The molecule has 0 saturated carbocycles. The van der Waals surface area contributed by atoms with Gasteiger partial charge >= 0.3 is 0 Å². The van der Waals surface area contributed by atoms with Gasteiger partial charge in [-0.1, -0.05) is 6.07 Å². The number of fused-ring (bicyclic) bond motifs is 5. The van der Waals surface area contributed by atoms with E-state index in [9.17, 15) is 5.11 Å². The predicted molar refractivity (Wildman–Crippen MR) is 85.8 cm³/mol. The first-order valence-electron chi connectivity index (χ1n) is 7.63. The Balaban J connectivity index is 1.81. The highest BCUT2D eigenvalue weighted by Gasteiger charge is 2.44. The van der Waals surface area contributed by atoms with Gasteiger partial charge in [0, 0.05) is 11.1 Å². The average Bonchev–Trinajstić information content (AvgIpc) is 3.00. The van der Waals surface area contributed by atoms with Gasteiger partial charge in [-0.2, -0.15) is 0 Å². The SMILES string of the molecule is COc1ccc2c(c1O)OCC1c3ccc(OC)c(OC)c3OC21.